The smallest absolute Gasteiger partial charge is 0.00449 e. The summed E-state index contributed by atoms with van der Waals surface area (Å²) in [6, 6.07) is 0. The van der Waals surface area contributed by atoms with Crippen molar-refractivity contribution in [3.8, 4) is 0 Å². The molecule has 1 heteroatoms. The van der Waals surface area contributed by atoms with Gasteiger partial charge in [0.1, 0.15) is 0 Å². The molecular formula is C35H70S. The van der Waals surface area contributed by atoms with Crippen molar-refractivity contribution in [2.24, 2.45) is 35.5 Å². The standard InChI is InChI=1S/C11H20.C8H16S.C7H12.C7H16.C2H6/c1-4-5-11-7-9(2)6-10(3)8-11;1-6-4-3-5-8(9)7(6)2;1-7-5-3-2-4-6-7;1-3-5-7-6-4-2;1-2/h4-5,9-11H,6-8H2,1-3H3;6-9H,3-5H2,1-2H3;2-3,7H,4-6H2,1H3;3-7H2,1-2H3;1-2H3. The van der Waals surface area contributed by atoms with E-state index in [0.717, 1.165) is 35.5 Å². The van der Waals surface area contributed by atoms with Crippen molar-refractivity contribution in [3.05, 3.63) is 24.3 Å². The van der Waals surface area contributed by atoms with Gasteiger partial charge in [-0.3, -0.25) is 0 Å². The zero-order chi connectivity index (χ0) is 27.8. The molecule has 6 atom stereocenters. The number of allylic oxidation sites excluding steroid dienone is 4. The lowest BCUT2D eigenvalue weighted by Gasteiger charge is -2.30. The fourth-order valence-corrected chi connectivity index (χ4v) is 6.09. The minimum Gasteiger partial charge on any atom is -0.176 e. The van der Waals surface area contributed by atoms with Crippen LogP contribution >= 0.6 is 12.6 Å². The predicted molar refractivity (Wildman–Crippen MR) is 173 cm³/mol. The molecule has 0 amide bonds. The summed E-state index contributed by atoms with van der Waals surface area (Å²) in [5.41, 5.74) is 0. The molecule has 0 saturated heterocycles. The second-order valence-corrected chi connectivity index (χ2v) is 12.7. The molecule has 0 radical (unpaired) electrons. The second-order valence-electron chi connectivity index (χ2n) is 12.0. The number of unbranched alkanes of at least 4 members (excludes halogenated alkanes) is 4. The Morgan fingerprint density at radius 1 is 0.750 bits per heavy atom. The SMILES string of the molecule is CC.CC1CC=CCC1.CC1CCCC(S)C1C.CC=CC1CC(C)CC(C)C1.CCCCCCC. The van der Waals surface area contributed by atoms with Gasteiger partial charge in [0.05, 0.1) is 0 Å². The highest BCUT2D eigenvalue weighted by Crippen LogP contribution is 2.33. The van der Waals surface area contributed by atoms with Crippen LogP contribution in [0.1, 0.15) is 159 Å². The number of rotatable bonds is 5. The summed E-state index contributed by atoms with van der Waals surface area (Å²) in [6.07, 6.45) is 28.6. The largest absolute Gasteiger partial charge is 0.176 e. The van der Waals surface area contributed by atoms with E-state index >= 15 is 0 Å². The van der Waals surface area contributed by atoms with E-state index in [1.54, 1.807) is 0 Å². The number of thiol groups is 1. The summed E-state index contributed by atoms with van der Waals surface area (Å²) >= 11 is 4.52. The van der Waals surface area contributed by atoms with Crippen LogP contribution in [-0.2, 0) is 0 Å². The van der Waals surface area contributed by atoms with E-state index in [9.17, 15) is 0 Å². The van der Waals surface area contributed by atoms with E-state index < -0.39 is 0 Å². The fraction of sp³-hybridized carbons (Fsp3) is 0.886. The Kier molecular flexibility index (Phi) is 27.9. The first-order chi connectivity index (χ1) is 17.2. The van der Waals surface area contributed by atoms with Gasteiger partial charge >= 0.3 is 0 Å². The summed E-state index contributed by atoms with van der Waals surface area (Å²) < 4.78 is 0. The highest BCUT2D eigenvalue weighted by molar-refractivity contribution is 7.81. The van der Waals surface area contributed by atoms with Crippen LogP contribution in [0, 0.1) is 35.5 Å². The molecule has 0 heterocycles. The Morgan fingerprint density at radius 2 is 1.33 bits per heavy atom. The van der Waals surface area contributed by atoms with Gasteiger partial charge < -0.3 is 0 Å². The minimum atomic E-state index is 0.675. The Bertz CT molecular complexity index is 469. The van der Waals surface area contributed by atoms with Gasteiger partial charge in [-0.25, -0.2) is 0 Å². The Morgan fingerprint density at radius 3 is 1.69 bits per heavy atom. The first kappa shape index (κ1) is 38.0. The monoisotopic (exact) mass is 523 g/mol. The molecule has 6 unspecified atom stereocenters. The first-order valence-corrected chi connectivity index (χ1v) is 16.7. The van der Waals surface area contributed by atoms with E-state index in [-0.39, 0.29) is 0 Å². The summed E-state index contributed by atoms with van der Waals surface area (Å²) in [4.78, 5) is 0. The van der Waals surface area contributed by atoms with E-state index in [1.807, 2.05) is 13.8 Å². The molecule has 0 aliphatic heterocycles. The van der Waals surface area contributed by atoms with Crippen LogP contribution < -0.4 is 0 Å². The summed E-state index contributed by atoms with van der Waals surface area (Å²) in [5.74, 6) is 5.45. The third kappa shape index (κ3) is 21.9. The molecule has 0 aromatic heterocycles. The van der Waals surface area contributed by atoms with Crippen molar-refractivity contribution in [3.63, 3.8) is 0 Å². The first-order valence-electron chi connectivity index (χ1n) is 16.2. The van der Waals surface area contributed by atoms with Crippen LogP contribution in [0.15, 0.2) is 24.3 Å². The molecule has 216 valence electrons. The molecule has 3 aliphatic rings. The maximum atomic E-state index is 4.52. The van der Waals surface area contributed by atoms with Crippen molar-refractivity contribution in [1.29, 1.82) is 0 Å². The van der Waals surface area contributed by atoms with Crippen LogP contribution in [-0.4, -0.2) is 5.25 Å². The van der Waals surface area contributed by atoms with E-state index in [2.05, 4.69) is 92.3 Å². The molecule has 0 N–H and O–H groups in total. The zero-order valence-electron chi connectivity index (χ0n) is 26.7. The van der Waals surface area contributed by atoms with Crippen LogP contribution in [0.2, 0.25) is 0 Å². The van der Waals surface area contributed by atoms with Crippen LogP contribution in [0.5, 0.6) is 0 Å². The van der Waals surface area contributed by atoms with Gasteiger partial charge in [0.25, 0.3) is 0 Å². The molecule has 0 aromatic carbocycles. The van der Waals surface area contributed by atoms with Gasteiger partial charge in [-0.05, 0) is 87.4 Å². The fourth-order valence-electron chi connectivity index (χ4n) is 5.61. The highest BCUT2D eigenvalue weighted by atomic mass is 32.1. The maximum Gasteiger partial charge on any atom is 0.00449 e. The lowest BCUT2D eigenvalue weighted by Crippen LogP contribution is -2.24. The maximum absolute atomic E-state index is 4.52. The van der Waals surface area contributed by atoms with Crippen molar-refractivity contribution in [2.45, 2.75) is 164 Å². The van der Waals surface area contributed by atoms with Gasteiger partial charge in [0, 0.05) is 5.25 Å². The quantitative estimate of drug-likeness (QED) is 0.207. The summed E-state index contributed by atoms with van der Waals surface area (Å²) in [7, 11) is 0. The topological polar surface area (TPSA) is 0 Å². The Labute approximate surface area is 236 Å². The van der Waals surface area contributed by atoms with Gasteiger partial charge in [-0.1, -0.05) is 132 Å². The van der Waals surface area contributed by atoms with E-state index in [4.69, 9.17) is 0 Å². The molecule has 3 aliphatic carbocycles. The number of hydrogen-bond acceptors (Lipinski definition) is 1. The molecule has 36 heavy (non-hydrogen) atoms. The van der Waals surface area contributed by atoms with Gasteiger partial charge in [-0.15, -0.1) is 0 Å². The molecular weight excluding hydrogens is 452 g/mol. The molecule has 0 spiro atoms. The third-order valence-corrected chi connectivity index (χ3v) is 8.81. The Balaban J connectivity index is 0. The summed E-state index contributed by atoms with van der Waals surface area (Å²) in [6.45, 7) is 22.4. The van der Waals surface area contributed by atoms with E-state index in [0.29, 0.717) is 5.25 Å². The molecule has 3 rings (SSSR count). The van der Waals surface area contributed by atoms with Gasteiger partial charge in [0.2, 0.25) is 0 Å². The highest BCUT2D eigenvalue weighted by Gasteiger charge is 2.23. The molecule has 2 saturated carbocycles. The lowest BCUT2D eigenvalue weighted by molar-refractivity contribution is 0.252. The van der Waals surface area contributed by atoms with Crippen molar-refractivity contribution in [2.75, 3.05) is 0 Å². The molecule has 2 fully saturated rings. The minimum absolute atomic E-state index is 0.675. The molecule has 0 nitrogen and oxygen atoms in total. The molecule has 0 aromatic rings. The average molecular weight is 523 g/mol. The number of hydrogen-bond donors (Lipinski definition) is 1. The van der Waals surface area contributed by atoms with E-state index in [1.165, 1.54) is 89.9 Å². The van der Waals surface area contributed by atoms with Crippen LogP contribution in [0.4, 0.5) is 0 Å². The van der Waals surface area contributed by atoms with Gasteiger partial charge in [-0.2, -0.15) is 12.6 Å². The summed E-state index contributed by atoms with van der Waals surface area (Å²) in [5, 5.41) is 0.675. The van der Waals surface area contributed by atoms with Crippen LogP contribution in [0.3, 0.4) is 0 Å². The lowest BCUT2D eigenvalue weighted by atomic mass is 9.77. The zero-order valence-corrected chi connectivity index (χ0v) is 27.6. The van der Waals surface area contributed by atoms with Crippen molar-refractivity contribution >= 4 is 12.6 Å². The predicted octanol–water partition coefficient (Wildman–Crippen LogP) is 12.7. The van der Waals surface area contributed by atoms with Crippen LogP contribution in [0.25, 0.3) is 0 Å². The Hall–Kier alpha value is -0.170. The normalized spacial score (nSPS) is 31.4. The van der Waals surface area contributed by atoms with Crippen molar-refractivity contribution < 1.29 is 0 Å². The van der Waals surface area contributed by atoms with Crippen molar-refractivity contribution in [1.82, 2.24) is 0 Å². The van der Waals surface area contributed by atoms with Gasteiger partial charge in [0.15, 0.2) is 0 Å². The average Bonchev–Trinajstić information content (AvgIpc) is 2.85. The third-order valence-electron chi connectivity index (χ3n) is 8.08. The molecule has 0 bridgehead atoms. The second kappa shape index (κ2) is 26.4.